The van der Waals surface area contributed by atoms with Gasteiger partial charge in [0.15, 0.2) is 0 Å². The molecule has 1 heterocycles. The third-order valence-corrected chi connectivity index (χ3v) is 7.57. The van der Waals surface area contributed by atoms with Gasteiger partial charge in [0.05, 0.1) is 18.1 Å². The highest BCUT2D eigenvalue weighted by atomic mass is 32.2. The van der Waals surface area contributed by atoms with Crippen molar-refractivity contribution in [3.05, 3.63) is 59.7 Å². The van der Waals surface area contributed by atoms with Crippen molar-refractivity contribution in [3.63, 3.8) is 0 Å². The van der Waals surface area contributed by atoms with E-state index in [1.165, 1.54) is 27.4 Å². The molecule has 0 aromatic heterocycles. The second-order valence-corrected chi connectivity index (χ2v) is 10.4. The molecule has 0 spiro atoms. The lowest BCUT2D eigenvalue weighted by atomic mass is 10.0. The molecule has 1 aliphatic rings. The van der Waals surface area contributed by atoms with Crippen LogP contribution in [0, 0.1) is 12.8 Å². The molecule has 33 heavy (non-hydrogen) atoms. The highest BCUT2D eigenvalue weighted by molar-refractivity contribution is 7.89. The van der Waals surface area contributed by atoms with Gasteiger partial charge in [-0.05, 0) is 43.2 Å². The summed E-state index contributed by atoms with van der Waals surface area (Å²) in [6.45, 7) is 6.90. The van der Waals surface area contributed by atoms with E-state index >= 15 is 0 Å². The van der Waals surface area contributed by atoms with Crippen molar-refractivity contribution < 1.29 is 22.7 Å². The Morgan fingerprint density at radius 2 is 1.70 bits per heavy atom. The minimum Gasteiger partial charge on any atom is -0.379 e. The smallest absolute Gasteiger partial charge is 0.251 e. The van der Waals surface area contributed by atoms with Gasteiger partial charge >= 0.3 is 0 Å². The number of likely N-dealkylation sites (N-methyl/N-ethyl adjacent to an activating group) is 1. The van der Waals surface area contributed by atoms with Crippen LogP contribution in [0.1, 0.15) is 29.8 Å². The van der Waals surface area contributed by atoms with Crippen LogP contribution in [-0.4, -0.2) is 63.9 Å². The van der Waals surface area contributed by atoms with Crippen molar-refractivity contribution in [2.75, 3.05) is 38.3 Å². The number of nitrogens with zero attached hydrogens (tertiary/aromatic N) is 2. The Morgan fingerprint density at radius 1 is 1.06 bits per heavy atom. The van der Waals surface area contributed by atoms with E-state index in [-0.39, 0.29) is 35.4 Å². The number of ether oxygens (including phenoxy) is 1. The van der Waals surface area contributed by atoms with E-state index in [0.29, 0.717) is 13.2 Å². The van der Waals surface area contributed by atoms with Crippen molar-refractivity contribution in [3.8, 4) is 0 Å². The van der Waals surface area contributed by atoms with Crippen molar-refractivity contribution in [2.45, 2.75) is 31.7 Å². The number of aryl methyl sites for hydroxylation is 1. The number of sulfonamides is 1. The highest BCUT2D eigenvalue weighted by Gasteiger charge is 2.30. The summed E-state index contributed by atoms with van der Waals surface area (Å²) in [6, 6.07) is 12.7. The monoisotopic (exact) mass is 473 g/mol. The molecule has 1 unspecified atom stereocenters. The predicted molar refractivity (Wildman–Crippen MR) is 127 cm³/mol. The van der Waals surface area contributed by atoms with E-state index in [1.807, 2.05) is 45.0 Å². The first kappa shape index (κ1) is 24.9. The molecular formula is C24H31N3O5S. The van der Waals surface area contributed by atoms with Gasteiger partial charge in [-0.3, -0.25) is 9.59 Å². The maximum absolute atomic E-state index is 13.2. The summed E-state index contributed by atoms with van der Waals surface area (Å²) in [5.74, 6) is -0.924. The second kappa shape index (κ2) is 10.5. The number of hydrogen-bond acceptors (Lipinski definition) is 5. The summed E-state index contributed by atoms with van der Waals surface area (Å²) in [6.07, 6.45) is 0. The topological polar surface area (TPSA) is 96.0 Å². The standard InChI is InChI=1S/C24H31N3O5S/c1-17(2)22(24(29)26(4)20-10-8-18(3)9-11-20)25-23(28)19-6-5-7-21(16-19)33(30,31)27-12-14-32-15-13-27/h5-11,16-17,22H,12-15H2,1-4H3,(H,25,28). The third-order valence-electron chi connectivity index (χ3n) is 5.68. The largest absolute Gasteiger partial charge is 0.379 e. The number of anilines is 1. The molecule has 1 saturated heterocycles. The van der Waals surface area contributed by atoms with E-state index in [9.17, 15) is 18.0 Å². The van der Waals surface area contributed by atoms with E-state index in [2.05, 4.69) is 5.32 Å². The number of morpholine rings is 1. The van der Waals surface area contributed by atoms with Crippen LogP contribution in [0.2, 0.25) is 0 Å². The molecule has 2 amide bonds. The van der Waals surface area contributed by atoms with Crippen LogP contribution in [0.3, 0.4) is 0 Å². The van der Waals surface area contributed by atoms with Crippen LogP contribution in [0.4, 0.5) is 5.69 Å². The van der Waals surface area contributed by atoms with Gasteiger partial charge in [-0.2, -0.15) is 4.31 Å². The molecule has 178 valence electrons. The third kappa shape index (κ3) is 5.79. The second-order valence-electron chi connectivity index (χ2n) is 8.47. The van der Waals surface area contributed by atoms with Gasteiger partial charge < -0.3 is 15.0 Å². The van der Waals surface area contributed by atoms with Crippen LogP contribution < -0.4 is 10.2 Å². The van der Waals surface area contributed by atoms with Crippen LogP contribution in [0.25, 0.3) is 0 Å². The fraction of sp³-hybridized carbons (Fsp3) is 0.417. The van der Waals surface area contributed by atoms with Crippen molar-refractivity contribution in [1.29, 1.82) is 0 Å². The molecule has 0 bridgehead atoms. The van der Waals surface area contributed by atoms with Gasteiger partial charge in [-0.1, -0.05) is 37.6 Å². The zero-order valence-electron chi connectivity index (χ0n) is 19.4. The van der Waals surface area contributed by atoms with Gasteiger partial charge in [-0.15, -0.1) is 0 Å². The van der Waals surface area contributed by atoms with Crippen molar-refractivity contribution in [1.82, 2.24) is 9.62 Å². The number of nitrogens with one attached hydrogen (secondary N) is 1. The first-order valence-electron chi connectivity index (χ1n) is 10.9. The summed E-state index contributed by atoms with van der Waals surface area (Å²) < 4.78 is 32.5. The maximum Gasteiger partial charge on any atom is 0.251 e. The number of hydrogen-bond donors (Lipinski definition) is 1. The molecule has 3 rings (SSSR count). The minimum atomic E-state index is -3.73. The van der Waals surface area contributed by atoms with E-state index in [0.717, 1.165) is 11.3 Å². The maximum atomic E-state index is 13.2. The quantitative estimate of drug-likeness (QED) is 0.666. The Morgan fingerprint density at radius 3 is 2.30 bits per heavy atom. The number of carbonyl (C=O) groups excluding carboxylic acids is 2. The van der Waals surface area contributed by atoms with Gasteiger partial charge in [0.2, 0.25) is 15.9 Å². The highest BCUT2D eigenvalue weighted by Crippen LogP contribution is 2.20. The van der Waals surface area contributed by atoms with Crippen LogP contribution in [0.5, 0.6) is 0 Å². The normalized spacial score (nSPS) is 15.8. The summed E-state index contributed by atoms with van der Waals surface area (Å²) >= 11 is 0. The minimum absolute atomic E-state index is 0.0428. The molecule has 0 saturated carbocycles. The molecule has 0 radical (unpaired) electrons. The van der Waals surface area contributed by atoms with Crippen LogP contribution in [0.15, 0.2) is 53.4 Å². The van der Waals surface area contributed by atoms with E-state index in [4.69, 9.17) is 4.74 Å². The van der Waals surface area contributed by atoms with Gasteiger partial charge in [-0.25, -0.2) is 8.42 Å². The predicted octanol–water partition coefficient (Wildman–Crippen LogP) is 2.43. The van der Waals surface area contributed by atoms with Crippen molar-refractivity contribution >= 4 is 27.5 Å². The molecular weight excluding hydrogens is 442 g/mol. The van der Waals surface area contributed by atoms with Crippen LogP contribution in [-0.2, 0) is 19.6 Å². The fourth-order valence-electron chi connectivity index (χ4n) is 3.58. The molecule has 1 fully saturated rings. The number of rotatable bonds is 7. The average Bonchev–Trinajstić information content (AvgIpc) is 2.82. The fourth-order valence-corrected chi connectivity index (χ4v) is 5.03. The summed E-state index contributed by atoms with van der Waals surface area (Å²) in [4.78, 5) is 27.7. The molecule has 8 nitrogen and oxygen atoms in total. The van der Waals surface area contributed by atoms with Crippen molar-refractivity contribution in [2.24, 2.45) is 5.92 Å². The molecule has 1 aliphatic heterocycles. The van der Waals surface area contributed by atoms with Crippen LogP contribution >= 0.6 is 0 Å². The van der Waals surface area contributed by atoms with Gasteiger partial charge in [0.25, 0.3) is 5.91 Å². The number of amides is 2. The van der Waals surface area contributed by atoms with E-state index < -0.39 is 22.0 Å². The molecule has 2 aromatic carbocycles. The number of carbonyl (C=O) groups is 2. The SMILES string of the molecule is Cc1ccc(N(C)C(=O)C(NC(=O)c2cccc(S(=O)(=O)N3CCOCC3)c2)C(C)C)cc1. The van der Waals surface area contributed by atoms with Gasteiger partial charge in [0, 0.05) is 31.4 Å². The first-order valence-corrected chi connectivity index (χ1v) is 12.4. The summed E-state index contributed by atoms with van der Waals surface area (Å²) in [5.41, 5.74) is 1.99. The van der Waals surface area contributed by atoms with E-state index in [1.54, 1.807) is 13.1 Å². The lowest BCUT2D eigenvalue weighted by Crippen LogP contribution is -2.50. The summed E-state index contributed by atoms with van der Waals surface area (Å²) in [7, 11) is -2.06. The van der Waals surface area contributed by atoms with Gasteiger partial charge in [0.1, 0.15) is 6.04 Å². The number of benzene rings is 2. The Bertz CT molecular complexity index is 1090. The summed E-state index contributed by atoms with van der Waals surface area (Å²) in [5, 5.41) is 2.79. The average molecular weight is 474 g/mol. The molecule has 1 atom stereocenters. The zero-order valence-corrected chi connectivity index (χ0v) is 20.3. The zero-order chi connectivity index (χ0) is 24.2. The Balaban J connectivity index is 1.78. The molecule has 1 N–H and O–H groups in total. The molecule has 0 aliphatic carbocycles. The lowest BCUT2D eigenvalue weighted by Gasteiger charge is -2.27. The molecule has 2 aromatic rings. The Labute approximate surface area is 195 Å². The first-order chi connectivity index (χ1) is 15.6. The Hall–Kier alpha value is -2.75. The lowest BCUT2D eigenvalue weighted by molar-refractivity contribution is -0.121. The Kier molecular flexibility index (Phi) is 7.88. The molecule has 9 heteroatoms.